The number of hydrogen-bond donors (Lipinski definition) is 2. The van der Waals surface area contributed by atoms with Gasteiger partial charge in [-0.3, -0.25) is 0 Å². The van der Waals surface area contributed by atoms with Gasteiger partial charge in [-0.15, -0.1) is 0 Å². The van der Waals surface area contributed by atoms with Crippen LogP contribution < -0.4 is 5.73 Å². The molecule has 0 radical (unpaired) electrons. The van der Waals surface area contributed by atoms with Crippen molar-refractivity contribution in [1.29, 1.82) is 0 Å². The molecule has 0 bridgehead atoms. The largest absolute Gasteiger partial charge is 0.478 e. The number of anilines is 1. The first-order valence-corrected chi connectivity index (χ1v) is 6.66. The van der Waals surface area contributed by atoms with E-state index in [1.807, 2.05) is 0 Å². The van der Waals surface area contributed by atoms with E-state index < -0.39 is 5.97 Å². The molecule has 0 aliphatic rings. The average Bonchev–Trinajstić information content (AvgIpc) is 2.36. The van der Waals surface area contributed by atoms with Gasteiger partial charge < -0.3 is 10.8 Å². The number of pyridine rings is 1. The zero-order valence-electron chi connectivity index (χ0n) is 9.43. The number of aromatic nitrogens is 1. The van der Waals surface area contributed by atoms with E-state index in [-0.39, 0.29) is 5.56 Å². The van der Waals surface area contributed by atoms with Gasteiger partial charge >= 0.3 is 5.97 Å². The summed E-state index contributed by atoms with van der Waals surface area (Å²) in [6, 6.07) is 6.40. The Balaban J connectivity index is 2.37. The van der Waals surface area contributed by atoms with E-state index in [9.17, 15) is 4.79 Å². The van der Waals surface area contributed by atoms with E-state index in [1.54, 1.807) is 18.2 Å². The van der Waals surface area contributed by atoms with Crippen LogP contribution in [0.5, 0.6) is 0 Å². The second-order valence-corrected chi connectivity index (χ2v) is 5.48. The highest BCUT2D eigenvalue weighted by Crippen LogP contribution is 2.33. The summed E-state index contributed by atoms with van der Waals surface area (Å²) >= 11 is 12.9. The van der Waals surface area contributed by atoms with Gasteiger partial charge in [0.2, 0.25) is 0 Å². The maximum absolute atomic E-state index is 11.1. The van der Waals surface area contributed by atoms with Crippen molar-refractivity contribution in [2.24, 2.45) is 0 Å². The third kappa shape index (κ3) is 3.32. The summed E-state index contributed by atoms with van der Waals surface area (Å²) in [5.41, 5.74) is 5.88. The van der Waals surface area contributed by atoms with Crippen LogP contribution in [0.4, 0.5) is 5.69 Å². The van der Waals surface area contributed by atoms with E-state index in [0.717, 1.165) is 4.90 Å². The first-order chi connectivity index (χ1) is 8.97. The van der Waals surface area contributed by atoms with Gasteiger partial charge in [0.05, 0.1) is 27.5 Å². The zero-order chi connectivity index (χ0) is 14.0. The SMILES string of the molecule is Nc1cnc(Sc2ccc(Cl)c(Cl)c2)c(C(=O)O)c1. The minimum absolute atomic E-state index is 0.0519. The summed E-state index contributed by atoms with van der Waals surface area (Å²) in [5.74, 6) is -1.08. The van der Waals surface area contributed by atoms with Crippen molar-refractivity contribution < 1.29 is 9.90 Å². The van der Waals surface area contributed by atoms with Crippen molar-refractivity contribution >= 4 is 46.6 Å². The molecule has 0 fully saturated rings. The summed E-state index contributed by atoms with van der Waals surface area (Å²) in [6.07, 6.45) is 1.41. The Morgan fingerprint density at radius 1 is 1.26 bits per heavy atom. The highest BCUT2D eigenvalue weighted by molar-refractivity contribution is 7.99. The lowest BCUT2D eigenvalue weighted by atomic mass is 10.3. The Hall–Kier alpha value is -1.43. The number of carboxylic acids is 1. The molecule has 1 aromatic heterocycles. The van der Waals surface area contributed by atoms with Crippen LogP contribution in [-0.4, -0.2) is 16.1 Å². The van der Waals surface area contributed by atoms with Crippen LogP contribution in [0.1, 0.15) is 10.4 Å². The van der Waals surface area contributed by atoms with Crippen LogP contribution in [0, 0.1) is 0 Å². The van der Waals surface area contributed by atoms with Crippen molar-refractivity contribution in [3.63, 3.8) is 0 Å². The van der Waals surface area contributed by atoms with E-state index in [2.05, 4.69) is 4.98 Å². The molecule has 3 N–H and O–H groups in total. The number of nitrogens with zero attached hydrogens (tertiary/aromatic N) is 1. The van der Waals surface area contributed by atoms with E-state index in [0.29, 0.717) is 20.8 Å². The normalized spacial score (nSPS) is 10.4. The highest BCUT2D eigenvalue weighted by atomic mass is 35.5. The Bertz CT molecular complexity index is 650. The number of hydrogen-bond acceptors (Lipinski definition) is 4. The summed E-state index contributed by atoms with van der Waals surface area (Å²) in [4.78, 5) is 15.9. The zero-order valence-corrected chi connectivity index (χ0v) is 11.8. The van der Waals surface area contributed by atoms with Crippen LogP contribution in [0.15, 0.2) is 40.4 Å². The smallest absolute Gasteiger partial charge is 0.338 e. The Morgan fingerprint density at radius 2 is 2.00 bits per heavy atom. The molecule has 0 saturated carbocycles. The number of halogens is 2. The van der Waals surface area contributed by atoms with Crippen molar-refractivity contribution in [2.75, 3.05) is 5.73 Å². The fraction of sp³-hybridized carbons (Fsp3) is 0. The molecule has 0 spiro atoms. The second kappa shape index (κ2) is 5.69. The molecule has 0 saturated heterocycles. The number of aromatic carboxylic acids is 1. The molecule has 0 unspecified atom stereocenters. The fourth-order valence-electron chi connectivity index (χ4n) is 1.35. The lowest BCUT2D eigenvalue weighted by Gasteiger charge is -2.06. The lowest BCUT2D eigenvalue weighted by molar-refractivity contribution is 0.0692. The predicted molar refractivity (Wildman–Crippen MR) is 76.2 cm³/mol. The van der Waals surface area contributed by atoms with Crippen molar-refractivity contribution in [3.8, 4) is 0 Å². The second-order valence-electron chi connectivity index (χ2n) is 3.60. The molecule has 19 heavy (non-hydrogen) atoms. The third-order valence-corrected chi connectivity index (χ3v) is 3.96. The number of nitrogens with two attached hydrogens (primary N) is 1. The molecular weight excluding hydrogens is 307 g/mol. The average molecular weight is 315 g/mol. The minimum Gasteiger partial charge on any atom is -0.478 e. The molecule has 0 amide bonds. The quantitative estimate of drug-likeness (QED) is 0.900. The van der Waals surface area contributed by atoms with Crippen molar-refractivity contribution in [3.05, 3.63) is 46.1 Å². The monoisotopic (exact) mass is 314 g/mol. The van der Waals surface area contributed by atoms with E-state index in [1.165, 1.54) is 24.0 Å². The molecule has 2 aromatic rings. The van der Waals surface area contributed by atoms with Crippen LogP contribution in [0.3, 0.4) is 0 Å². The molecule has 1 heterocycles. The number of benzene rings is 1. The standard InChI is InChI=1S/C12H8Cl2N2O2S/c13-9-2-1-7(4-10(9)14)19-11-8(12(17)18)3-6(15)5-16-11/h1-5H,15H2,(H,17,18). The summed E-state index contributed by atoms with van der Waals surface area (Å²) in [5, 5.41) is 10.3. The van der Waals surface area contributed by atoms with Gasteiger partial charge in [0, 0.05) is 4.90 Å². The molecule has 0 aliphatic carbocycles. The van der Waals surface area contributed by atoms with Crippen LogP contribution in [0.2, 0.25) is 10.0 Å². The maximum atomic E-state index is 11.1. The first kappa shape index (κ1) is 14.0. The van der Waals surface area contributed by atoms with Crippen LogP contribution in [-0.2, 0) is 0 Å². The number of carbonyl (C=O) groups is 1. The van der Waals surface area contributed by atoms with Gasteiger partial charge in [0.25, 0.3) is 0 Å². The van der Waals surface area contributed by atoms with Gasteiger partial charge in [0.1, 0.15) is 5.03 Å². The number of carboxylic acid groups (broad SMARTS) is 1. The number of rotatable bonds is 3. The van der Waals surface area contributed by atoms with Crippen LogP contribution >= 0.6 is 35.0 Å². The molecule has 2 rings (SSSR count). The predicted octanol–water partition coefficient (Wildman–Crippen LogP) is 3.82. The van der Waals surface area contributed by atoms with E-state index >= 15 is 0 Å². The maximum Gasteiger partial charge on any atom is 0.338 e. The summed E-state index contributed by atoms with van der Waals surface area (Å²) < 4.78 is 0. The Labute approximate surface area is 123 Å². The van der Waals surface area contributed by atoms with Gasteiger partial charge in [0.15, 0.2) is 0 Å². The van der Waals surface area contributed by atoms with Gasteiger partial charge in [-0.25, -0.2) is 9.78 Å². The summed E-state index contributed by atoms with van der Waals surface area (Å²) in [6.45, 7) is 0. The lowest BCUT2D eigenvalue weighted by Crippen LogP contribution is -2.02. The van der Waals surface area contributed by atoms with Gasteiger partial charge in [-0.1, -0.05) is 35.0 Å². The minimum atomic E-state index is -1.08. The molecular formula is C12H8Cl2N2O2S. The van der Waals surface area contributed by atoms with Crippen molar-refractivity contribution in [1.82, 2.24) is 4.98 Å². The third-order valence-electron chi connectivity index (χ3n) is 2.21. The van der Waals surface area contributed by atoms with Gasteiger partial charge in [-0.05, 0) is 24.3 Å². The fourth-order valence-corrected chi connectivity index (χ4v) is 2.62. The molecule has 0 aliphatic heterocycles. The molecule has 4 nitrogen and oxygen atoms in total. The first-order valence-electron chi connectivity index (χ1n) is 5.09. The van der Waals surface area contributed by atoms with Gasteiger partial charge in [-0.2, -0.15) is 0 Å². The molecule has 7 heteroatoms. The highest BCUT2D eigenvalue weighted by Gasteiger charge is 2.13. The molecule has 98 valence electrons. The van der Waals surface area contributed by atoms with Crippen LogP contribution in [0.25, 0.3) is 0 Å². The number of nitrogen functional groups attached to an aromatic ring is 1. The Morgan fingerprint density at radius 3 is 2.63 bits per heavy atom. The molecule has 1 aromatic carbocycles. The summed E-state index contributed by atoms with van der Waals surface area (Å²) in [7, 11) is 0. The topological polar surface area (TPSA) is 76.2 Å². The van der Waals surface area contributed by atoms with Crippen molar-refractivity contribution in [2.45, 2.75) is 9.92 Å². The molecule has 0 atom stereocenters. The Kier molecular flexibility index (Phi) is 4.19. The van der Waals surface area contributed by atoms with E-state index in [4.69, 9.17) is 34.0 Å².